The molecule has 2 aromatic heterocycles. The smallest absolute Gasteiger partial charge is 0.246 e. The van der Waals surface area contributed by atoms with Crippen molar-refractivity contribution < 1.29 is 9.53 Å². The Labute approximate surface area is 127 Å². The second kappa shape index (κ2) is 6.54. The SMILES string of the molecule is O=C(/C=C/c1cccs1)N1CCC(Oc2ccccn2)C1. The van der Waals surface area contributed by atoms with Crippen LogP contribution in [0.2, 0.25) is 0 Å². The highest BCUT2D eigenvalue weighted by molar-refractivity contribution is 7.10. The van der Waals surface area contributed by atoms with Crippen molar-refractivity contribution in [3.05, 3.63) is 52.9 Å². The highest BCUT2D eigenvalue weighted by Gasteiger charge is 2.26. The maximum atomic E-state index is 12.1. The summed E-state index contributed by atoms with van der Waals surface area (Å²) in [7, 11) is 0. The number of rotatable bonds is 4. The number of amides is 1. The van der Waals surface area contributed by atoms with Crippen LogP contribution in [0.25, 0.3) is 6.08 Å². The number of hydrogen-bond donors (Lipinski definition) is 0. The van der Waals surface area contributed by atoms with Gasteiger partial charge in [-0.15, -0.1) is 11.3 Å². The van der Waals surface area contributed by atoms with E-state index in [1.165, 1.54) is 0 Å². The number of pyridine rings is 1. The summed E-state index contributed by atoms with van der Waals surface area (Å²) < 4.78 is 5.78. The van der Waals surface area contributed by atoms with E-state index in [0.29, 0.717) is 12.4 Å². The lowest BCUT2D eigenvalue weighted by atomic mass is 10.3. The van der Waals surface area contributed by atoms with Gasteiger partial charge in [-0.3, -0.25) is 4.79 Å². The van der Waals surface area contributed by atoms with Crippen LogP contribution in [0.1, 0.15) is 11.3 Å². The highest BCUT2D eigenvalue weighted by atomic mass is 32.1. The Morgan fingerprint density at radius 1 is 1.38 bits per heavy atom. The third kappa shape index (κ3) is 3.70. The molecule has 0 saturated carbocycles. The van der Waals surface area contributed by atoms with E-state index in [1.54, 1.807) is 23.6 Å². The maximum Gasteiger partial charge on any atom is 0.246 e. The summed E-state index contributed by atoms with van der Waals surface area (Å²) in [5.74, 6) is 0.654. The minimum Gasteiger partial charge on any atom is -0.472 e. The van der Waals surface area contributed by atoms with Crippen molar-refractivity contribution in [3.8, 4) is 5.88 Å². The van der Waals surface area contributed by atoms with Gasteiger partial charge < -0.3 is 9.64 Å². The van der Waals surface area contributed by atoms with Gasteiger partial charge in [-0.05, 0) is 23.6 Å². The van der Waals surface area contributed by atoms with E-state index in [1.807, 2.05) is 46.7 Å². The number of carbonyl (C=O) groups excluding carboxylic acids is 1. The molecule has 3 heterocycles. The Balaban J connectivity index is 1.53. The van der Waals surface area contributed by atoms with Gasteiger partial charge in [0.15, 0.2) is 0 Å². The van der Waals surface area contributed by atoms with Gasteiger partial charge in [0.05, 0.1) is 6.54 Å². The van der Waals surface area contributed by atoms with E-state index in [0.717, 1.165) is 17.8 Å². The van der Waals surface area contributed by atoms with Crippen LogP contribution in [-0.4, -0.2) is 35.0 Å². The number of carbonyl (C=O) groups is 1. The van der Waals surface area contributed by atoms with Crippen LogP contribution in [-0.2, 0) is 4.79 Å². The lowest BCUT2D eigenvalue weighted by molar-refractivity contribution is -0.125. The monoisotopic (exact) mass is 300 g/mol. The van der Waals surface area contributed by atoms with Crippen LogP contribution in [0.5, 0.6) is 5.88 Å². The van der Waals surface area contributed by atoms with Gasteiger partial charge in [-0.2, -0.15) is 0 Å². The van der Waals surface area contributed by atoms with Crippen molar-refractivity contribution in [2.45, 2.75) is 12.5 Å². The molecule has 1 aliphatic heterocycles. The Bertz CT molecular complexity index is 610. The van der Waals surface area contributed by atoms with Crippen molar-refractivity contribution in [2.75, 3.05) is 13.1 Å². The fourth-order valence-electron chi connectivity index (χ4n) is 2.26. The van der Waals surface area contributed by atoms with E-state index in [9.17, 15) is 4.79 Å². The van der Waals surface area contributed by atoms with Crippen LogP contribution in [0.3, 0.4) is 0 Å². The predicted molar refractivity (Wildman–Crippen MR) is 83.2 cm³/mol. The molecule has 3 rings (SSSR count). The van der Waals surface area contributed by atoms with E-state index in [4.69, 9.17) is 4.74 Å². The van der Waals surface area contributed by atoms with Crippen LogP contribution in [0.15, 0.2) is 48.0 Å². The largest absolute Gasteiger partial charge is 0.472 e. The molecule has 1 fully saturated rings. The molecule has 2 aromatic rings. The van der Waals surface area contributed by atoms with Crippen molar-refractivity contribution in [2.24, 2.45) is 0 Å². The zero-order chi connectivity index (χ0) is 14.5. The summed E-state index contributed by atoms with van der Waals surface area (Å²) >= 11 is 1.62. The first-order valence-corrected chi connectivity index (χ1v) is 7.77. The Morgan fingerprint density at radius 3 is 3.10 bits per heavy atom. The molecule has 0 aromatic carbocycles. The minimum atomic E-state index is 0.0268. The van der Waals surface area contributed by atoms with Crippen molar-refractivity contribution in [1.82, 2.24) is 9.88 Å². The van der Waals surface area contributed by atoms with Gasteiger partial charge >= 0.3 is 0 Å². The Morgan fingerprint density at radius 2 is 2.33 bits per heavy atom. The average Bonchev–Trinajstić information content (AvgIpc) is 3.17. The summed E-state index contributed by atoms with van der Waals surface area (Å²) in [4.78, 5) is 19.2. The van der Waals surface area contributed by atoms with E-state index in [-0.39, 0.29) is 12.0 Å². The highest BCUT2D eigenvalue weighted by Crippen LogP contribution is 2.17. The zero-order valence-corrected chi connectivity index (χ0v) is 12.3. The maximum absolute atomic E-state index is 12.1. The molecule has 1 aliphatic rings. The normalized spacial score (nSPS) is 18.3. The second-order valence-corrected chi connectivity index (χ2v) is 5.81. The van der Waals surface area contributed by atoms with Gasteiger partial charge in [0.1, 0.15) is 6.10 Å². The summed E-state index contributed by atoms with van der Waals surface area (Å²) in [5.41, 5.74) is 0. The standard InChI is InChI=1S/C16H16N2O2S/c19-16(7-6-14-4-3-11-21-14)18-10-8-13(12-18)20-15-5-1-2-9-17-15/h1-7,9,11,13H,8,10,12H2/b7-6+. The summed E-state index contributed by atoms with van der Waals surface area (Å²) in [6.45, 7) is 1.34. The molecule has 4 nitrogen and oxygen atoms in total. The van der Waals surface area contributed by atoms with Gasteiger partial charge in [0.2, 0.25) is 11.8 Å². The second-order valence-electron chi connectivity index (χ2n) is 4.83. The van der Waals surface area contributed by atoms with Crippen LogP contribution in [0.4, 0.5) is 0 Å². The molecule has 0 spiro atoms. The fourth-order valence-corrected chi connectivity index (χ4v) is 2.88. The Hall–Kier alpha value is -2.14. The number of ether oxygens (including phenoxy) is 1. The van der Waals surface area contributed by atoms with Gasteiger partial charge in [-0.25, -0.2) is 4.98 Å². The number of hydrogen-bond acceptors (Lipinski definition) is 4. The number of thiophene rings is 1. The summed E-state index contributed by atoms with van der Waals surface area (Å²) in [5, 5.41) is 2.00. The molecule has 0 N–H and O–H groups in total. The quantitative estimate of drug-likeness (QED) is 0.815. The lowest BCUT2D eigenvalue weighted by Crippen LogP contribution is -2.29. The molecule has 1 unspecified atom stereocenters. The van der Waals surface area contributed by atoms with E-state index < -0.39 is 0 Å². The van der Waals surface area contributed by atoms with Gasteiger partial charge in [-0.1, -0.05) is 12.1 Å². The third-order valence-electron chi connectivity index (χ3n) is 3.32. The predicted octanol–water partition coefficient (Wildman–Crippen LogP) is 2.84. The molecule has 1 atom stereocenters. The number of aromatic nitrogens is 1. The minimum absolute atomic E-state index is 0.0268. The molecule has 1 saturated heterocycles. The van der Waals surface area contributed by atoms with E-state index in [2.05, 4.69) is 4.98 Å². The molecule has 0 bridgehead atoms. The van der Waals surface area contributed by atoms with Crippen molar-refractivity contribution in [3.63, 3.8) is 0 Å². The zero-order valence-electron chi connectivity index (χ0n) is 11.5. The molecule has 108 valence electrons. The average molecular weight is 300 g/mol. The summed E-state index contributed by atoms with van der Waals surface area (Å²) in [6, 6.07) is 9.55. The first-order chi connectivity index (χ1) is 10.3. The first kappa shape index (κ1) is 13.8. The molecule has 0 aliphatic carbocycles. The lowest BCUT2D eigenvalue weighted by Gasteiger charge is -2.15. The van der Waals surface area contributed by atoms with Crippen molar-refractivity contribution in [1.29, 1.82) is 0 Å². The fraction of sp³-hybridized carbons (Fsp3) is 0.250. The van der Waals surface area contributed by atoms with Crippen LogP contribution in [0, 0.1) is 0 Å². The van der Waals surface area contributed by atoms with E-state index >= 15 is 0 Å². The van der Waals surface area contributed by atoms with Gasteiger partial charge in [0, 0.05) is 36.2 Å². The summed E-state index contributed by atoms with van der Waals surface area (Å²) in [6.07, 6.45) is 6.07. The van der Waals surface area contributed by atoms with Gasteiger partial charge in [0.25, 0.3) is 0 Å². The molecular weight excluding hydrogens is 284 g/mol. The topological polar surface area (TPSA) is 42.4 Å². The molecule has 0 radical (unpaired) electrons. The Kier molecular flexibility index (Phi) is 4.31. The molecular formula is C16H16N2O2S. The van der Waals surface area contributed by atoms with Crippen molar-refractivity contribution >= 4 is 23.3 Å². The number of likely N-dealkylation sites (tertiary alicyclic amines) is 1. The molecule has 5 heteroatoms. The van der Waals surface area contributed by atoms with Crippen LogP contribution < -0.4 is 4.74 Å². The molecule has 21 heavy (non-hydrogen) atoms. The first-order valence-electron chi connectivity index (χ1n) is 6.89. The van der Waals surface area contributed by atoms with Crippen LogP contribution >= 0.6 is 11.3 Å². The number of nitrogens with zero attached hydrogens (tertiary/aromatic N) is 2. The third-order valence-corrected chi connectivity index (χ3v) is 4.15. The molecule has 1 amide bonds.